The van der Waals surface area contributed by atoms with Gasteiger partial charge in [0.1, 0.15) is 0 Å². The second-order valence-electron chi connectivity index (χ2n) is 4.37. The van der Waals surface area contributed by atoms with Gasteiger partial charge in [0, 0.05) is 17.6 Å². The molecule has 4 heteroatoms. The van der Waals surface area contributed by atoms with Crippen LogP contribution < -0.4 is 10.6 Å². The summed E-state index contributed by atoms with van der Waals surface area (Å²) < 4.78 is 1.10. The van der Waals surface area contributed by atoms with Crippen molar-refractivity contribution in [3.05, 3.63) is 52.8 Å². The van der Waals surface area contributed by atoms with Crippen molar-refractivity contribution in [2.75, 3.05) is 17.2 Å². The van der Waals surface area contributed by atoms with Crippen molar-refractivity contribution in [3.8, 4) is 0 Å². The third-order valence-electron chi connectivity index (χ3n) is 2.73. The van der Waals surface area contributed by atoms with Crippen LogP contribution in [0, 0.1) is 0 Å². The van der Waals surface area contributed by atoms with Crippen molar-refractivity contribution in [1.29, 1.82) is 0 Å². The fourth-order valence-corrected chi connectivity index (χ4v) is 1.97. The van der Waals surface area contributed by atoms with Crippen molar-refractivity contribution in [1.82, 2.24) is 4.98 Å². The number of anilines is 2. The van der Waals surface area contributed by atoms with Crippen LogP contribution >= 0.6 is 15.9 Å². The molecular formula is C15H18BrN3. The zero-order valence-electron chi connectivity index (χ0n) is 11.0. The lowest BCUT2D eigenvalue weighted by molar-refractivity contribution is 0.977. The number of hydrogen-bond acceptors (Lipinski definition) is 3. The summed E-state index contributed by atoms with van der Waals surface area (Å²) in [5.41, 5.74) is 3.33. The van der Waals surface area contributed by atoms with Crippen LogP contribution in [0.15, 0.2) is 47.2 Å². The predicted octanol–water partition coefficient (Wildman–Crippen LogP) is 4.28. The van der Waals surface area contributed by atoms with Gasteiger partial charge in [-0.2, -0.15) is 0 Å². The van der Waals surface area contributed by atoms with Crippen molar-refractivity contribution in [2.24, 2.45) is 0 Å². The lowest BCUT2D eigenvalue weighted by Crippen LogP contribution is -2.03. The Labute approximate surface area is 122 Å². The Morgan fingerprint density at radius 3 is 2.42 bits per heavy atom. The molecule has 19 heavy (non-hydrogen) atoms. The van der Waals surface area contributed by atoms with E-state index >= 15 is 0 Å². The number of hydrogen-bond donors (Lipinski definition) is 2. The van der Waals surface area contributed by atoms with Crippen LogP contribution in [0.5, 0.6) is 0 Å². The van der Waals surface area contributed by atoms with E-state index in [0.29, 0.717) is 0 Å². The summed E-state index contributed by atoms with van der Waals surface area (Å²) >= 11 is 3.44. The van der Waals surface area contributed by atoms with Gasteiger partial charge in [-0.05, 0) is 30.2 Å². The van der Waals surface area contributed by atoms with Gasteiger partial charge in [-0.15, -0.1) is 0 Å². The van der Waals surface area contributed by atoms with Crippen molar-refractivity contribution in [3.63, 3.8) is 0 Å². The van der Waals surface area contributed by atoms with Gasteiger partial charge < -0.3 is 10.6 Å². The first kappa shape index (κ1) is 13.9. The van der Waals surface area contributed by atoms with Crippen molar-refractivity contribution < 1.29 is 0 Å². The molecule has 0 fully saturated rings. The van der Waals surface area contributed by atoms with Crippen molar-refractivity contribution >= 4 is 27.3 Å². The van der Waals surface area contributed by atoms with Gasteiger partial charge in [0.15, 0.2) is 0 Å². The summed E-state index contributed by atoms with van der Waals surface area (Å²) in [7, 11) is 0. The molecule has 2 rings (SSSR count). The molecule has 0 unspecified atom stereocenters. The van der Waals surface area contributed by atoms with Crippen LogP contribution in [0.2, 0.25) is 0 Å². The van der Waals surface area contributed by atoms with Gasteiger partial charge in [-0.1, -0.05) is 35.0 Å². The van der Waals surface area contributed by atoms with E-state index in [1.807, 2.05) is 12.4 Å². The molecule has 2 aromatic rings. The number of rotatable bonds is 6. The lowest BCUT2D eigenvalue weighted by atomic mass is 10.2. The highest BCUT2D eigenvalue weighted by atomic mass is 79.9. The second-order valence-corrected chi connectivity index (χ2v) is 5.28. The minimum absolute atomic E-state index is 0.798. The quantitative estimate of drug-likeness (QED) is 0.834. The molecule has 0 saturated heterocycles. The van der Waals surface area contributed by atoms with Crippen LogP contribution in [0.25, 0.3) is 0 Å². The highest BCUT2D eigenvalue weighted by molar-refractivity contribution is 9.10. The highest BCUT2D eigenvalue weighted by Crippen LogP contribution is 2.15. The van der Waals surface area contributed by atoms with Crippen LogP contribution in [-0.2, 0) is 6.54 Å². The predicted molar refractivity (Wildman–Crippen MR) is 84.5 cm³/mol. The number of halogens is 1. The Morgan fingerprint density at radius 1 is 1.05 bits per heavy atom. The van der Waals surface area contributed by atoms with Gasteiger partial charge in [0.05, 0.1) is 23.8 Å². The molecule has 0 saturated carbocycles. The first-order valence-corrected chi connectivity index (χ1v) is 7.24. The number of benzene rings is 1. The Hall–Kier alpha value is -1.55. The van der Waals surface area contributed by atoms with Gasteiger partial charge >= 0.3 is 0 Å². The maximum absolute atomic E-state index is 4.23. The minimum Gasteiger partial charge on any atom is -0.384 e. The van der Waals surface area contributed by atoms with Crippen LogP contribution in [-0.4, -0.2) is 11.5 Å². The Kier molecular flexibility index (Phi) is 5.21. The monoisotopic (exact) mass is 319 g/mol. The lowest BCUT2D eigenvalue weighted by Gasteiger charge is -2.09. The molecule has 0 bridgehead atoms. The highest BCUT2D eigenvalue weighted by Gasteiger charge is 1.97. The molecule has 0 spiro atoms. The largest absolute Gasteiger partial charge is 0.384 e. The molecule has 0 amide bonds. The summed E-state index contributed by atoms with van der Waals surface area (Å²) in [5, 5.41) is 6.71. The van der Waals surface area contributed by atoms with E-state index in [2.05, 4.69) is 68.8 Å². The zero-order valence-corrected chi connectivity index (χ0v) is 12.6. The smallest absolute Gasteiger partial charge is 0.0550 e. The van der Waals surface area contributed by atoms with E-state index in [0.717, 1.165) is 35.4 Å². The molecule has 3 nitrogen and oxygen atoms in total. The molecule has 0 radical (unpaired) electrons. The molecule has 1 aromatic heterocycles. The molecule has 0 aliphatic carbocycles. The Balaban J connectivity index is 1.93. The van der Waals surface area contributed by atoms with Gasteiger partial charge in [0.2, 0.25) is 0 Å². The first-order valence-electron chi connectivity index (χ1n) is 6.45. The third-order valence-corrected chi connectivity index (χ3v) is 3.26. The second kappa shape index (κ2) is 7.14. The SMILES string of the molecule is CCCNc1cncc(NCc2ccc(Br)cc2)c1. The summed E-state index contributed by atoms with van der Waals surface area (Å²) in [6, 6.07) is 10.4. The fourth-order valence-electron chi connectivity index (χ4n) is 1.71. The minimum atomic E-state index is 0.798. The average Bonchev–Trinajstić information content (AvgIpc) is 2.45. The Bertz CT molecular complexity index is 511. The summed E-state index contributed by atoms with van der Waals surface area (Å²) in [6.45, 7) is 3.92. The van der Waals surface area contributed by atoms with Gasteiger partial charge in [-0.3, -0.25) is 4.98 Å². The molecule has 0 atom stereocenters. The van der Waals surface area contributed by atoms with E-state index in [4.69, 9.17) is 0 Å². The average molecular weight is 320 g/mol. The fraction of sp³-hybridized carbons (Fsp3) is 0.267. The van der Waals surface area contributed by atoms with E-state index in [9.17, 15) is 0 Å². The molecule has 100 valence electrons. The molecular weight excluding hydrogens is 302 g/mol. The number of nitrogens with one attached hydrogen (secondary N) is 2. The maximum Gasteiger partial charge on any atom is 0.0550 e. The van der Waals surface area contributed by atoms with Crippen LogP contribution in [0.3, 0.4) is 0 Å². The normalized spacial score (nSPS) is 10.2. The maximum atomic E-state index is 4.23. The van der Waals surface area contributed by atoms with Crippen LogP contribution in [0.1, 0.15) is 18.9 Å². The van der Waals surface area contributed by atoms with Crippen LogP contribution in [0.4, 0.5) is 11.4 Å². The van der Waals surface area contributed by atoms with Gasteiger partial charge in [-0.25, -0.2) is 0 Å². The third kappa shape index (κ3) is 4.56. The van der Waals surface area contributed by atoms with E-state index in [-0.39, 0.29) is 0 Å². The molecule has 1 heterocycles. The summed E-state index contributed by atoms with van der Waals surface area (Å²) in [4.78, 5) is 4.23. The number of aromatic nitrogens is 1. The molecule has 1 aromatic carbocycles. The molecule has 0 aliphatic heterocycles. The van der Waals surface area contributed by atoms with Crippen molar-refractivity contribution in [2.45, 2.75) is 19.9 Å². The van der Waals surface area contributed by atoms with Gasteiger partial charge in [0.25, 0.3) is 0 Å². The standard InChI is InChI=1S/C15H18BrN3/c1-2-7-18-14-8-15(11-17-10-14)19-9-12-3-5-13(16)6-4-12/h3-6,8,10-11,18-19H,2,7,9H2,1H3. The number of nitrogens with zero attached hydrogens (tertiary/aromatic N) is 1. The molecule has 2 N–H and O–H groups in total. The Morgan fingerprint density at radius 2 is 1.74 bits per heavy atom. The summed E-state index contributed by atoms with van der Waals surface area (Å²) in [6.07, 6.45) is 4.80. The zero-order chi connectivity index (χ0) is 13.5. The van der Waals surface area contributed by atoms with E-state index in [1.54, 1.807) is 0 Å². The molecule has 0 aliphatic rings. The summed E-state index contributed by atoms with van der Waals surface area (Å²) in [5.74, 6) is 0. The first-order chi connectivity index (χ1) is 9.28. The topological polar surface area (TPSA) is 37.0 Å². The number of pyridine rings is 1. The van der Waals surface area contributed by atoms with E-state index in [1.165, 1.54) is 5.56 Å². The van der Waals surface area contributed by atoms with E-state index < -0.39 is 0 Å².